The number of nitrogens with zero attached hydrogens (tertiary/aromatic N) is 5. The first-order valence-electron chi connectivity index (χ1n) is 9.82. The molecule has 1 aliphatic rings. The van der Waals surface area contributed by atoms with E-state index in [1.54, 1.807) is 7.11 Å². The van der Waals surface area contributed by atoms with E-state index in [1.807, 2.05) is 19.2 Å². The summed E-state index contributed by atoms with van der Waals surface area (Å²) in [7, 11) is 3.57. The van der Waals surface area contributed by atoms with E-state index in [-0.39, 0.29) is 0 Å². The number of hydrogen-bond donors (Lipinski definition) is 1. The number of piperazine rings is 1. The van der Waals surface area contributed by atoms with E-state index < -0.39 is 0 Å². The molecule has 0 bridgehead atoms. The number of para-hydroxylation sites is 1. The lowest BCUT2D eigenvalue weighted by Crippen LogP contribution is -2.53. The third-order valence-corrected chi connectivity index (χ3v) is 5.89. The highest BCUT2D eigenvalue weighted by molar-refractivity contribution is 7.09. The van der Waals surface area contributed by atoms with Gasteiger partial charge in [0.1, 0.15) is 11.6 Å². The molecule has 1 fully saturated rings. The monoisotopic (exact) mass is 402 g/mol. The summed E-state index contributed by atoms with van der Waals surface area (Å²) in [5.74, 6) is 3.14. The van der Waals surface area contributed by atoms with Crippen molar-refractivity contribution in [2.45, 2.75) is 26.2 Å². The van der Waals surface area contributed by atoms with Gasteiger partial charge in [-0.3, -0.25) is 4.99 Å². The first-order chi connectivity index (χ1) is 13.7. The Morgan fingerprint density at radius 2 is 2.04 bits per heavy atom. The average Bonchev–Trinajstić information content (AvgIpc) is 3.23. The maximum atomic E-state index is 5.50. The fourth-order valence-corrected chi connectivity index (χ4v) is 4.19. The van der Waals surface area contributed by atoms with Crippen LogP contribution in [-0.2, 0) is 6.42 Å². The molecule has 0 aliphatic carbocycles. The van der Waals surface area contributed by atoms with Crippen LogP contribution in [-0.4, -0.2) is 67.1 Å². The number of methoxy groups -OCH3 is 1. The predicted octanol–water partition coefficient (Wildman–Crippen LogP) is 2.61. The van der Waals surface area contributed by atoms with Crippen LogP contribution >= 0.6 is 11.5 Å². The molecule has 1 saturated heterocycles. The van der Waals surface area contributed by atoms with Gasteiger partial charge in [0.15, 0.2) is 5.96 Å². The number of aliphatic imine (C=N–C) groups is 1. The zero-order valence-electron chi connectivity index (χ0n) is 17.2. The van der Waals surface area contributed by atoms with Gasteiger partial charge >= 0.3 is 0 Å². The van der Waals surface area contributed by atoms with Crippen molar-refractivity contribution in [2.24, 2.45) is 4.99 Å². The van der Waals surface area contributed by atoms with E-state index in [0.717, 1.165) is 61.8 Å². The predicted molar refractivity (Wildman–Crippen MR) is 116 cm³/mol. The molecular formula is C20H30N6OS. The second kappa shape index (κ2) is 9.73. The van der Waals surface area contributed by atoms with Gasteiger partial charge in [0, 0.05) is 63.6 Å². The van der Waals surface area contributed by atoms with Gasteiger partial charge in [-0.25, -0.2) is 4.98 Å². The van der Waals surface area contributed by atoms with Crippen LogP contribution in [0.25, 0.3) is 0 Å². The number of aromatic nitrogens is 2. The largest absolute Gasteiger partial charge is 0.496 e. The minimum absolute atomic E-state index is 0.322. The number of anilines is 1. The third-order valence-electron chi connectivity index (χ3n) is 5.07. The molecule has 1 aliphatic heterocycles. The lowest BCUT2D eigenvalue weighted by molar-refractivity contribution is 0.370. The minimum Gasteiger partial charge on any atom is -0.496 e. The van der Waals surface area contributed by atoms with Crippen molar-refractivity contribution in [1.82, 2.24) is 19.6 Å². The van der Waals surface area contributed by atoms with Crippen LogP contribution in [0.1, 0.15) is 31.2 Å². The van der Waals surface area contributed by atoms with E-state index in [0.29, 0.717) is 5.92 Å². The highest BCUT2D eigenvalue weighted by Crippen LogP contribution is 2.25. The first-order valence-corrected chi connectivity index (χ1v) is 10.6. The van der Waals surface area contributed by atoms with E-state index >= 15 is 0 Å². The minimum atomic E-state index is 0.322. The van der Waals surface area contributed by atoms with Crippen LogP contribution in [0.4, 0.5) is 5.13 Å². The molecular weight excluding hydrogens is 372 g/mol. The Morgan fingerprint density at radius 1 is 1.29 bits per heavy atom. The van der Waals surface area contributed by atoms with Crippen LogP contribution in [0.15, 0.2) is 29.3 Å². The summed E-state index contributed by atoms with van der Waals surface area (Å²) in [6, 6.07) is 8.19. The van der Waals surface area contributed by atoms with Gasteiger partial charge < -0.3 is 19.9 Å². The summed E-state index contributed by atoms with van der Waals surface area (Å²) < 4.78 is 9.90. The number of nitrogens with one attached hydrogen (secondary N) is 1. The Labute approximate surface area is 171 Å². The molecule has 2 heterocycles. The zero-order valence-corrected chi connectivity index (χ0v) is 18.0. The molecule has 1 aromatic heterocycles. The highest BCUT2D eigenvalue weighted by Gasteiger charge is 2.22. The summed E-state index contributed by atoms with van der Waals surface area (Å²) >= 11 is 1.50. The molecule has 0 saturated carbocycles. The lowest BCUT2D eigenvalue weighted by Gasteiger charge is -2.36. The lowest BCUT2D eigenvalue weighted by atomic mass is 10.0. The number of ether oxygens (including phenoxy) is 1. The van der Waals surface area contributed by atoms with Gasteiger partial charge in [0.05, 0.1) is 7.11 Å². The molecule has 1 N–H and O–H groups in total. The van der Waals surface area contributed by atoms with Crippen molar-refractivity contribution in [3.63, 3.8) is 0 Å². The van der Waals surface area contributed by atoms with Crippen LogP contribution in [0.2, 0.25) is 0 Å². The molecule has 8 heteroatoms. The van der Waals surface area contributed by atoms with E-state index in [2.05, 4.69) is 55.4 Å². The standard InChI is InChI=1S/C20H30N6OS/c1-5-18-23-20(28-24-18)26-12-10-25(11-13-26)19(21-3)22-14-15(2)16-8-6-7-9-17(16)27-4/h6-9,15H,5,10-14H2,1-4H3,(H,21,22). The molecule has 1 atom stereocenters. The van der Waals surface area contributed by atoms with E-state index in [9.17, 15) is 0 Å². The van der Waals surface area contributed by atoms with Crippen molar-refractivity contribution in [3.05, 3.63) is 35.7 Å². The maximum Gasteiger partial charge on any atom is 0.205 e. The van der Waals surface area contributed by atoms with Crippen molar-refractivity contribution in [1.29, 1.82) is 0 Å². The Hall–Kier alpha value is -2.35. The van der Waals surface area contributed by atoms with E-state index in [1.165, 1.54) is 17.1 Å². The second-order valence-corrected chi connectivity index (χ2v) is 7.62. The van der Waals surface area contributed by atoms with Crippen molar-refractivity contribution < 1.29 is 4.74 Å². The Bertz CT molecular complexity index is 785. The number of aryl methyl sites for hydroxylation is 1. The quantitative estimate of drug-likeness (QED) is 0.592. The van der Waals surface area contributed by atoms with E-state index in [4.69, 9.17) is 4.74 Å². The summed E-state index contributed by atoms with van der Waals surface area (Å²) in [5, 5.41) is 4.56. The van der Waals surface area contributed by atoms with Crippen LogP contribution in [0.5, 0.6) is 5.75 Å². The van der Waals surface area contributed by atoms with Crippen LogP contribution in [0.3, 0.4) is 0 Å². The molecule has 3 rings (SSSR count). The molecule has 1 unspecified atom stereocenters. The molecule has 0 amide bonds. The van der Waals surface area contributed by atoms with Gasteiger partial charge in [-0.2, -0.15) is 4.37 Å². The summed E-state index contributed by atoms with van der Waals surface area (Å²) in [6.45, 7) is 8.81. The molecule has 2 aromatic rings. The molecule has 28 heavy (non-hydrogen) atoms. The summed E-state index contributed by atoms with van der Waals surface area (Å²) in [4.78, 5) is 13.7. The number of hydrogen-bond acceptors (Lipinski definition) is 6. The normalized spacial score (nSPS) is 16.2. The fraction of sp³-hybridized carbons (Fsp3) is 0.550. The van der Waals surface area contributed by atoms with Crippen LogP contribution < -0.4 is 15.0 Å². The second-order valence-electron chi connectivity index (χ2n) is 6.89. The van der Waals surface area contributed by atoms with Gasteiger partial charge in [-0.15, -0.1) is 0 Å². The first kappa shape index (κ1) is 20.4. The highest BCUT2D eigenvalue weighted by atomic mass is 32.1. The van der Waals surface area contributed by atoms with Gasteiger partial charge in [-0.05, 0) is 11.6 Å². The molecule has 152 valence electrons. The maximum absolute atomic E-state index is 5.50. The van der Waals surface area contributed by atoms with Crippen molar-refractivity contribution in [2.75, 3.05) is 51.8 Å². The number of guanidine groups is 1. The number of benzene rings is 1. The molecule has 1 aromatic carbocycles. The average molecular weight is 403 g/mol. The topological polar surface area (TPSA) is 65.9 Å². The Kier molecular flexibility index (Phi) is 7.08. The molecule has 0 spiro atoms. The van der Waals surface area contributed by atoms with Crippen molar-refractivity contribution in [3.8, 4) is 5.75 Å². The Morgan fingerprint density at radius 3 is 2.68 bits per heavy atom. The van der Waals surface area contributed by atoms with Gasteiger partial charge in [0.2, 0.25) is 5.13 Å². The number of rotatable bonds is 6. The Balaban J connectivity index is 1.53. The summed E-state index contributed by atoms with van der Waals surface area (Å²) in [5.41, 5.74) is 1.21. The zero-order chi connectivity index (χ0) is 19.9. The van der Waals surface area contributed by atoms with Crippen molar-refractivity contribution >= 4 is 22.6 Å². The molecule has 0 radical (unpaired) electrons. The summed E-state index contributed by atoms with van der Waals surface area (Å²) in [6.07, 6.45) is 0.886. The SMILES string of the molecule is CCc1nsc(N2CCN(C(=NC)NCC(C)c3ccccc3OC)CC2)n1. The smallest absolute Gasteiger partial charge is 0.205 e. The molecule has 7 nitrogen and oxygen atoms in total. The third kappa shape index (κ3) is 4.73. The van der Waals surface area contributed by atoms with Gasteiger partial charge in [-0.1, -0.05) is 32.0 Å². The van der Waals surface area contributed by atoms with Gasteiger partial charge in [0.25, 0.3) is 0 Å². The van der Waals surface area contributed by atoms with Crippen LogP contribution in [0, 0.1) is 0 Å². The fourth-order valence-electron chi connectivity index (χ4n) is 3.39.